The number of aromatic nitrogens is 1. The summed E-state index contributed by atoms with van der Waals surface area (Å²) in [7, 11) is 0. The van der Waals surface area contributed by atoms with Crippen LogP contribution >= 0.6 is 11.3 Å². The molecule has 0 bridgehead atoms. The van der Waals surface area contributed by atoms with Crippen molar-refractivity contribution in [1.29, 1.82) is 5.26 Å². The maximum Gasteiger partial charge on any atom is 0.135 e. The van der Waals surface area contributed by atoms with Crippen molar-refractivity contribution in [2.45, 2.75) is 13.3 Å². The van der Waals surface area contributed by atoms with Gasteiger partial charge in [-0.3, -0.25) is 0 Å². The number of nitriles is 1. The molecule has 3 aromatic rings. The predicted octanol–water partition coefficient (Wildman–Crippen LogP) is 4.92. The zero-order valence-electron chi connectivity index (χ0n) is 11.7. The van der Waals surface area contributed by atoms with E-state index >= 15 is 0 Å². The Labute approximate surface area is 128 Å². The van der Waals surface area contributed by atoms with E-state index in [4.69, 9.17) is 0 Å². The van der Waals surface area contributed by atoms with Crippen LogP contribution in [0.15, 0.2) is 48.5 Å². The van der Waals surface area contributed by atoms with Crippen molar-refractivity contribution in [3.05, 3.63) is 64.7 Å². The summed E-state index contributed by atoms with van der Waals surface area (Å²) in [5.41, 5.74) is 3.88. The summed E-state index contributed by atoms with van der Waals surface area (Å²) in [4.78, 5) is 4.54. The number of thiazole rings is 1. The van der Waals surface area contributed by atoms with Gasteiger partial charge in [-0.15, -0.1) is 11.3 Å². The number of benzene rings is 2. The van der Waals surface area contributed by atoms with Gasteiger partial charge >= 0.3 is 0 Å². The standard InChI is InChI=1S/C18H14N2S/c1-2-13-7-9-14(10-8-13)11-15(12-19)18-20-16-5-3-4-6-17(16)21-18/h3-11H,2H2,1H3/b15-11-. The molecule has 0 fully saturated rings. The van der Waals surface area contributed by atoms with Gasteiger partial charge in [0.05, 0.1) is 15.8 Å². The van der Waals surface area contributed by atoms with Crippen molar-refractivity contribution in [1.82, 2.24) is 4.98 Å². The summed E-state index contributed by atoms with van der Waals surface area (Å²) in [6, 6.07) is 18.5. The number of para-hydroxylation sites is 1. The van der Waals surface area contributed by atoms with Crippen LogP contribution in [0.4, 0.5) is 0 Å². The van der Waals surface area contributed by atoms with Gasteiger partial charge in [0, 0.05) is 0 Å². The first-order chi connectivity index (χ1) is 10.3. The van der Waals surface area contributed by atoms with E-state index in [-0.39, 0.29) is 0 Å². The summed E-state index contributed by atoms with van der Waals surface area (Å²) in [5, 5.41) is 10.2. The van der Waals surface area contributed by atoms with Crippen LogP contribution in [0.3, 0.4) is 0 Å². The first-order valence-electron chi connectivity index (χ1n) is 6.87. The lowest BCUT2D eigenvalue weighted by Crippen LogP contribution is -1.82. The summed E-state index contributed by atoms with van der Waals surface area (Å²) in [6.07, 6.45) is 2.92. The molecule has 0 aliphatic carbocycles. The van der Waals surface area contributed by atoms with E-state index in [1.54, 1.807) is 11.3 Å². The SMILES string of the molecule is CCc1ccc(/C=C(/C#N)c2nc3ccccc3s2)cc1. The molecule has 0 spiro atoms. The van der Waals surface area contributed by atoms with Crippen molar-refractivity contribution in [2.24, 2.45) is 0 Å². The second kappa shape index (κ2) is 5.90. The molecule has 1 aromatic heterocycles. The Bertz CT molecular complexity index is 803. The minimum atomic E-state index is 0.612. The van der Waals surface area contributed by atoms with Gasteiger partial charge in [-0.05, 0) is 35.8 Å². The summed E-state index contributed by atoms with van der Waals surface area (Å²) < 4.78 is 1.11. The van der Waals surface area contributed by atoms with Crippen LogP contribution in [0, 0.1) is 11.3 Å². The molecule has 2 aromatic carbocycles. The highest BCUT2D eigenvalue weighted by Gasteiger charge is 2.08. The van der Waals surface area contributed by atoms with E-state index in [1.807, 2.05) is 42.5 Å². The smallest absolute Gasteiger partial charge is 0.135 e. The van der Waals surface area contributed by atoms with E-state index in [1.165, 1.54) is 5.56 Å². The van der Waals surface area contributed by atoms with E-state index in [0.717, 1.165) is 27.2 Å². The fraction of sp³-hybridized carbons (Fsp3) is 0.111. The normalized spacial score (nSPS) is 11.5. The molecule has 0 saturated carbocycles. The van der Waals surface area contributed by atoms with Crippen molar-refractivity contribution < 1.29 is 0 Å². The van der Waals surface area contributed by atoms with E-state index in [0.29, 0.717) is 5.57 Å². The van der Waals surface area contributed by atoms with Crippen LogP contribution in [-0.2, 0) is 6.42 Å². The van der Waals surface area contributed by atoms with Gasteiger partial charge in [-0.2, -0.15) is 5.26 Å². The molecule has 0 atom stereocenters. The molecular weight excluding hydrogens is 276 g/mol. The highest BCUT2D eigenvalue weighted by atomic mass is 32.1. The zero-order chi connectivity index (χ0) is 14.7. The summed E-state index contributed by atoms with van der Waals surface area (Å²) in [5.74, 6) is 0. The average Bonchev–Trinajstić information content (AvgIpc) is 2.97. The van der Waals surface area contributed by atoms with Gasteiger partial charge in [-0.1, -0.05) is 43.3 Å². The Balaban J connectivity index is 2.00. The molecule has 0 saturated heterocycles. The number of nitrogens with zero attached hydrogens (tertiary/aromatic N) is 2. The molecule has 2 nitrogen and oxygen atoms in total. The molecule has 0 N–H and O–H groups in total. The fourth-order valence-electron chi connectivity index (χ4n) is 2.15. The molecule has 1 heterocycles. The van der Waals surface area contributed by atoms with Crippen molar-refractivity contribution in [3.8, 4) is 6.07 Å². The molecule has 102 valence electrons. The third-order valence-electron chi connectivity index (χ3n) is 3.34. The molecule has 3 rings (SSSR count). The van der Waals surface area contributed by atoms with Crippen molar-refractivity contribution in [3.63, 3.8) is 0 Å². The maximum absolute atomic E-state index is 9.42. The highest BCUT2D eigenvalue weighted by Crippen LogP contribution is 2.27. The second-order valence-electron chi connectivity index (χ2n) is 4.75. The molecule has 0 unspecified atom stereocenters. The highest BCUT2D eigenvalue weighted by molar-refractivity contribution is 7.19. The lowest BCUT2D eigenvalue weighted by Gasteiger charge is -1.98. The lowest BCUT2D eigenvalue weighted by molar-refractivity contribution is 1.14. The number of hydrogen-bond acceptors (Lipinski definition) is 3. The van der Waals surface area contributed by atoms with Crippen LogP contribution in [0.1, 0.15) is 23.1 Å². The fourth-order valence-corrected chi connectivity index (χ4v) is 3.08. The monoisotopic (exact) mass is 290 g/mol. The number of aryl methyl sites for hydroxylation is 1. The Kier molecular flexibility index (Phi) is 3.81. The number of rotatable bonds is 3. The summed E-state index contributed by atoms with van der Waals surface area (Å²) >= 11 is 1.55. The first kappa shape index (κ1) is 13.5. The van der Waals surface area contributed by atoms with E-state index in [2.05, 4.69) is 30.1 Å². The Morgan fingerprint density at radius 1 is 1.19 bits per heavy atom. The van der Waals surface area contributed by atoms with Crippen LogP contribution in [-0.4, -0.2) is 4.98 Å². The van der Waals surface area contributed by atoms with Gasteiger partial charge in [0.1, 0.15) is 11.1 Å². The Hall–Kier alpha value is -2.44. The predicted molar refractivity (Wildman–Crippen MR) is 88.9 cm³/mol. The van der Waals surface area contributed by atoms with Gasteiger partial charge in [0.15, 0.2) is 0 Å². The van der Waals surface area contributed by atoms with Gasteiger partial charge < -0.3 is 0 Å². The number of fused-ring (bicyclic) bond motifs is 1. The molecule has 0 amide bonds. The molecule has 0 aliphatic heterocycles. The average molecular weight is 290 g/mol. The van der Waals surface area contributed by atoms with Crippen LogP contribution in [0.5, 0.6) is 0 Å². The minimum Gasteiger partial charge on any atom is -0.235 e. The third kappa shape index (κ3) is 2.86. The molecule has 3 heteroatoms. The lowest BCUT2D eigenvalue weighted by atomic mass is 10.1. The quantitative estimate of drug-likeness (QED) is 0.642. The van der Waals surface area contributed by atoms with Crippen LogP contribution in [0.25, 0.3) is 21.9 Å². The van der Waals surface area contributed by atoms with Crippen LogP contribution < -0.4 is 0 Å². The number of allylic oxidation sites excluding steroid dienone is 1. The van der Waals surface area contributed by atoms with Crippen molar-refractivity contribution in [2.75, 3.05) is 0 Å². The van der Waals surface area contributed by atoms with Crippen molar-refractivity contribution >= 4 is 33.2 Å². The largest absolute Gasteiger partial charge is 0.235 e. The molecule has 0 radical (unpaired) electrons. The molecule has 21 heavy (non-hydrogen) atoms. The van der Waals surface area contributed by atoms with Crippen LogP contribution in [0.2, 0.25) is 0 Å². The third-order valence-corrected chi connectivity index (χ3v) is 4.41. The second-order valence-corrected chi connectivity index (χ2v) is 5.78. The van der Waals surface area contributed by atoms with Gasteiger partial charge in [0.2, 0.25) is 0 Å². The Morgan fingerprint density at radius 2 is 1.95 bits per heavy atom. The number of hydrogen-bond donors (Lipinski definition) is 0. The zero-order valence-corrected chi connectivity index (χ0v) is 12.5. The van der Waals surface area contributed by atoms with E-state index < -0.39 is 0 Å². The maximum atomic E-state index is 9.42. The topological polar surface area (TPSA) is 36.7 Å². The van der Waals surface area contributed by atoms with E-state index in [9.17, 15) is 5.26 Å². The first-order valence-corrected chi connectivity index (χ1v) is 7.68. The minimum absolute atomic E-state index is 0.612. The summed E-state index contributed by atoms with van der Waals surface area (Å²) in [6.45, 7) is 2.13. The van der Waals surface area contributed by atoms with Gasteiger partial charge in [-0.25, -0.2) is 4.98 Å². The molecular formula is C18H14N2S. The van der Waals surface area contributed by atoms with Gasteiger partial charge in [0.25, 0.3) is 0 Å². The molecule has 0 aliphatic rings. The Morgan fingerprint density at radius 3 is 2.62 bits per heavy atom.